The maximum atomic E-state index is 13.5. The standard InChI is InChI=1S/C34H36IN6O9PS/c1-34(44)27(42)24(49-31(34)41-28-25(37-32(41)35)29(46-2)39-33(36)38-28)18-47-23-14-13-20-11-7-8-12-21(20)26(23)50-51(45)40-22(15-16-52-3)30(43)48-17-19-9-5-4-6-10-19/h4-14,22,24,27,31,42,44H,15-18H2,1-3H3,(H2,36,38,39)/t22-,24+,27+,31+,34+/m0/s1. The molecule has 1 aliphatic rings. The molecule has 2 aromatic heterocycles. The summed E-state index contributed by atoms with van der Waals surface area (Å²) in [6, 6.07) is 18.9. The predicted octanol–water partition coefficient (Wildman–Crippen LogP) is 4.36. The predicted molar refractivity (Wildman–Crippen MR) is 202 cm³/mol. The molecule has 52 heavy (non-hydrogen) atoms. The number of methoxy groups -OCH3 is 1. The van der Waals surface area contributed by atoms with Gasteiger partial charge in [0.1, 0.15) is 31.0 Å². The monoisotopic (exact) mass is 862 g/mol. The number of esters is 1. The number of benzene rings is 3. The molecule has 5 aromatic rings. The SMILES string of the molecule is COc1nc(N)nc2c1nc(I)n2[C@@H]1O[C@H](COc2ccc3ccccc3c2O[P+]([O-])=N[C@@H](CCSC)C(=O)OCc2ccccc2)[C@@H](O)[C@@]1(C)O. The number of nitrogen functional groups attached to an aromatic ring is 1. The zero-order chi connectivity index (χ0) is 37.0. The van der Waals surface area contributed by atoms with Crippen molar-refractivity contribution in [3.8, 4) is 17.4 Å². The number of carbonyl (C=O) groups excluding carboxylic acids is 1. The number of aromatic nitrogens is 4. The number of carbonyl (C=O) groups is 1. The van der Waals surface area contributed by atoms with Gasteiger partial charge >= 0.3 is 14.1 Å². The number of halogens is 1. The van der Waals surface area contributed by atoms with Crippen molar-refractivity contribution in [1.29, 1.82) is 0 Å². The Balaban J connectivity index is 1.24. The first-order chi connectivity index (χ1) is 25.0. The van der Waals surface area contributed by atoms with E-state index in [0.29, 0.717) is 26.9 Å². The van der Waals surface area contributed by atoms with Gasteiger partial charge in [-0.3, -0.25) is 9.09 Å². The van der Waals surface area contributed by atoms with Crippen LogP contribution in [-0.4, -0.2) is 85.3 Å². The Bertz CT molecular complexity index is 2090. The van der Waals surface area contributed by atoms with Crippen LogP contribution in [0.5, 0.6) is 17.4 Å². The van der Waals surface area contributed by atoms with Crippen molar-refractivity contribution in [2.75, 3.05) is 31.5 Å². The second-order valence-electron chi connectivity index (χ2n) is 12.0. The summed E-state index contributed by atoms with van der Waals surface area (Å²) in [5.41, 5.74) is 5.44. The molecule has 1 fully saturated rings. The van der Waals surface area contributed by atoms with Crippen LogP contribution in [0.15, 0.2) is 71.5 Å². The van der Waals surface area contributed by atoms with Gasteiger partial charge in [0.2, 0.25) is 17.6 Å². The van der Waals surface area contributed by atoms with Crippen LogP contribution in [0.3, 0.4) is 0 Å². The molecular formula is C34H36IN6O9PS. The highest BCUT2D eigenvalue weighted by molar-refractivity contribution is 14.1. The van der Waals surface area contributed by atoms with Gasteiger partial charge in [-0.15, -0.1) is 0 Å². The lowest BCUT2D eigenvalue weighted by atomic mass is 9.96. The molecule has 0 saturated carbocycles. The number of rotatable bonds is 14. The molecule has 4 N–H and O–H groups in total. The average Bonchev–Trinajstić information content (AvgIpc) is 3.58. The molecule has 15 nitrogen and oxygen atoms in total. The molecule has 6 rings (SSSR count). The van der Waals surface area contributed by atoms with E-state index in [1.54, 1.807) is 24.3 Å². The van der Waals surface area contributed by atoms with Crippen molar-refractivity contribution >= 4 is 76.4 Å². The van der Waals surface area contributed by atoms with Crippen molar-refractivity contribution in [3.05, 3.63) is 76.1 Å². The van der Waals surface area contributed by atoms with Crippen molar-refractivity contribution in [1.82, 2.24) is 19.5 Å². The van der Waals surface area contributed by atoms with Gasteiger partial charge in [0.15, 0.2) is 33.0 Å². The molecule has 0 spiro atoms. The highest BCUT2D eigenvalue weighted by Gasteiger charge is 2.54. The number of ether oxygens (including phenoxy) is 4. The quantitative estimate of drug-likeness (QED) is 0.0614. The van der Waals surface area contributed by atoms with Crippen LogP contribution in [0.2, 0.25) is 0 Å². The summed E-state index contributed by atoms with van der Waals surface area (Å²) in [6.45, 7) is 1.24. The molecule has 0 bridgehead atoms. The molecule has 274 valence electrons. The fourth-order valence-corrected chi connectivity index (χ4v) is 7.75. The normalized spacial score (nSPS) is 21.0. The molecule has 3 heterocycles. The maximum Gasteiger partial charge on any atom is 0.395 e. The van der Waals surface area contributed by atoms with Gasteiger partial charge in [-0.1, -0.05) is 65.4 Å². The van der Waals surface area contributed by atoms with E-state index in [0.717, 1.165) is 10.9 Å². The Labute approximate surface area is 317 Å². The van der Waals surface area contributed by atoms with Crippen molar-refractivity contribution in [2.45, 2.75) is 50.0 Å². The molecule has 0 aliphatic carbocycles. The number of imidazole rings is 1. The average molecular weight is 863 g/mol. The van der Waals surface area contributed by atoms with Crippen LogP contribution in [0.4, 0.5) is 5.95 Å². The summed E-state index contributed by atoms with van der Waals surface area (Å²) in [4.78, 5) is 39.4. The van der Waals surface area contributed by atoms with Crippen molar-refractivity contribution in [3.63, 3.8) is 0 Å². The fraction of sp³-hybridized carbons (Fsp3) is 0.353. The zero-order valence-electron chi connectivity index (χ0n) is 28.3. The summed E-state index contributed by atoms with van der Waals surface area (Å²) in [5.74, 6) is 0.336. The van der Waals surface area contributed by atoms with Gasteiger partial charge in [-0.05, 0) is 42.4 Å². The Morgan fingerprint density at radius 2 is 1.92 bits per heavy atom. The molecule has 0 amide bonds. The third-order valence-electron chi connectivity index (χ3n) is 8.41. The lowest BCUT2D eigenvalue weighted by Crippen LogP contribution is -2.45. The molecule has 1 aliphatic heterocycles. The minimum Gasteiger partial charge on any atom is -0.575 e. The first kappa shape index (κ1) is 37.9. The molecule has 3 aromatic carbocycles. The number of nitrogens with zero attached hydrogens (tertiary/aromatic N) is 5. The fourth-order valence-electron chi connectivity index (χ4n) is 5.74. The van der Waals surface area contributed by atoms with Gasteiger partial charge in [-0.2, -0.15) is 21.7 Å². The molecule has 1 unspecified atom stereocenters. The number of hydrogen-bond donors (Lipinski definition) is 3. The van der Waals surface area contributed by atoms with Crippen molar-refractivity contribution < 1.29 is 43.4 Å². The molecule has 0 radical (unpaired) electrons. The summed E-state index contributed by atoms with van der Waals surface area (Å²) < 4.78 is 35.3. The number of aliphatic hydroxyl groups is 2. The van der Waals surface area contributed by atoms with E-state index in [-0.39, 0.29) is 42.2 Å². The van der Waals surface area contributed by atoms with E-state index in [1.165, 1.54) is 30.4 Å². The number of thioether (sulfide) groups is 1. The number of aliphatic hydroxyl groups excluding tert-OH is 1. The number of hydrogen-bond acceptors (Lipinski definition) is 15. The first-order valence-electron chi connectivity index (χ1n) is 16.0. The van der Waals surface area contributed by atoms with Crippen LogP contribution >= 0.6 is 42.5 Å². The van der Waals surface area contributed by atoms with Gasteiger partial charge in [-0.25, -0.2) is 9.78 Å². The van der Waals surface area contributed by atoms with Crippen LogP contribution in [0.25, 0.3) is 21.9 Å². The lowest BCUT2D eigenvalue weighted by molar-refractivity contribution is -0.170. The second kappa shape index (κ2) is 16.4. The number of nitrogens with two attached hydrogens (primary N) is 1. The number of fused-ring (bicyclic) bond motifs is 2. The Morgan fingerprint density at radius 1 is 1.17 bits per heavy atom. The molecule has 18 heteroatoms. The van der Waals surface area contributed by atoms with E-state index in [4.69, 9.17) is 29.2 Å². The Kier molecular flexibility index (Phi) is 12.0. The molecule has 1 saturated heterocycles. The Morgan fingerprint density at radius 3 is 2.67 bits per heavy atom. The van der Waals surface area contributed by atoms with Crippen molar-refractivity contribution in [2.24, 2.45) is 4.74 Å². The first-order valence-corrected chi connectivity index (χ1v) is 19.6. The third kappa shape index (κ3) is 8.05. The minimum atomic E-state index is -2.78. The van der Waals surface area contributed by atoms with Gasteiger partial charge in [0.25, 0.3) is 0 Å². The second-order valence-corrected chi connectivity index (χ2v) is 14.8. The van der Waals surface area contributed by atoms with E-state index in [9.17, 15) is 19.9 Å². The van der Waals surface area contributed by atoms with Crippen LogP contribution in [-0.2, 0) is 20.9 Å². The highest BCUT2D eigenvalue weighted by atomic mass is 127. The lowest BCUT2D eigenvalue weighted by Gasteiger charge is -2.27. The number of anilines is 1. The van der Waals surface area contributed by atoms with E-state index >= 15 is 0 Å². The van der Waals surface area contributed by atoms with E-state index in [1.807, 2.05) is 71.3 Å². The van der Waals surface area contributed by atoms with Crippen LogP contribution < -0.4 is 24.6 Å². The minimum absolute atomic E-state index is 0.0545. The van der Waals surface area contributed by atoms with Gasteiger partial charge in [0.05, 0.1) is 7.11 Å². The van der Waals surface area contributed by atoms with Crippen LogP contribution in [0, 0.1) is 3.83 Å². The third-order valence-corrected chi connectivity index (χ3v) is 10.6. The summed E-state index contributed by atoms with van der Waals surface area (Å²) in [6.07, 6.45) is -1.45. The van der Waals surface area contributed by atoms with E-state index < -0.39 is 44.2 Å². The zero-order valence-corrected chi connectivity index (χ0v) is 32.2. The van der Waals surface area contributed by atoms with Gasteiger partial charge < -0.3 is 39.8 Å². The smallest absolute Gasteiger partial charge is 0.395 e. The summed E-state index contributed by atoms with van der Waals surface area (Å²) in [7, 11) is -1.36. The Hall–Kier alpha value is -3.84. The summed E-state index contributed by atoms with van der Waals surface area (Å²) in [5, 5.41) is 24.2. The molecular weight excluding hydrogens is 826 g/mol. The topological polar surface area (TPSA) is 209 Å². The molecule has 6 atom stereocenters. The van der Waals surface area contributed by atoms with Gasteiger partial charge in [0, 0.05) is 28.0 Å². The van der Waals surface area contributed by atoms with E-state index in [2.05, 4.69) is 19.7 Å². The van der Waals surface area contributed by atoms with Crippen LogP contribution in [0.1, 0.15) is 25.1 Å². The highest BCUT2D eigenvalue weighted by Crippen LogP contribution is 2.44. The summed E-state index contributed by atoms with van der Waals surface area (Å²) >= 11 is 3.48. The largest absolute Gasteiger partial charge is 0.575 e. The maximum absolute atomic E-state index is 13.5.